The molecule has 1 aliphatic heterocycles. The minimum Gasteiger partial charge on any atom is -0.496 e. The van der Waals surface area contributed by atoms with Crippen molar-refractivity contribution in [2.75, 3.05) is 32.7 Å². The molecule has 0 aromatic heterocycles. The monoisotopic (exact) mass is 843 g/mol. The zero-order valence-corrected chi connectivity index (χ0v) is 36.8. The van der Waals surface area contributed by atoms with Crippen LogP contribution in [-0.2, 0) is 33.9 Å². The number of allylic oxidation sites excluding steroid dienone is 1. The summed E-state index contributed by atoms with van der Waals surface area (Å²) in [5.41, 5.74) is 6.52. The molecule has 4 aromatic rings. The SMILES string of the molecule is COc1c(CN2O[C@@H](CO)[C@@H]([C@H](C)O)[C@H]2C(=O)N[C@H]2C=C3C[C@@H]([C@@H]2C)C3(C)C)cccc1-c1cc(C(=O)N[C@H](Cc2ccccc2)C(=O)NCc2ccccc2)cc(N(C)C)c1. The molecule has 0 unspecified atom stereocenters. The number of rotatable bonds is 16. The van der Waals surface area contributed by atoms with Crippen molar-refractivity contribution in [2.24, 2.45) is 23.2 Å². The number of hydrogen-bond donors (Lipinski definition) is 5. The van der Waals surface area contributed by atoms with Crippen LogP contribution >= 0.6 is 0 Å². The maximum Gasteiger partial charge on any atom is 0.252 e. The fourth-order valence-corrected chi connectivity index (χ4v) is 9.62. The molecular formula is C50H61N5O7. The molecule has 2 fully saturated rings. The zero-order valence-electron chi connectivity index (χ0n) is 36.8. The van der Waals surface area contributed by atoms with E-state index in [1.807, 2.05) is 104 Å². The molecule has 8 rings (SSSR count). The Hall–Kier alpha value is -5.53. The third-order valence-corrected chi connectivity index (χ3v) is 13.3. The number of aliphatic hydroxyl groups is 2. The first-order valence-corrected chi connectivity index (χ1v) is 21.6. The summed E-state index contributed by atoms with van der Waals surface area (Å²) in [4.78, 5) is 50.5. The van der Waals surface area contributed by atoms with Gasteiger partial charge in [-0.05, 0) is 65.5 Å². The summed E-state index contributed by atoms with van der Waals surface area (Å²) in [5.74, 6) is -0.482. The Labute approximate surface area is 365 Å². The number of aliphatic hydroxyl groups excluding tert-OH is 2. The molecule has 0 spiro atoms. The summed E-state index contributed by atoms with van der Waals surface area (Å²) < 4.78 is 6.11. The number of hydroxylamine groups is 2. The Balaban J connectivity index is 1.16. The van der Waals surface area contributed by atoms with Crippen molar-refractivity contribution in [2.45, 2.75) is 84.0 Å². The summed E-state index contributed by atoms with van der Waals surface area (Å²) in [6.45, 7) is 8.37. The molecule has 5 N–H and O–H groups in total. The van der Waals surface area contributed by atoms with E-state index >= 15 is 0 Å². The second-order valence-electron chi connectivity index (χ2n) is 17.9. The van der Waals surface area contributed by atoms with E-state index in [4.69, 9.17) is 9.57 Å². The maximum atomic E-state index is 14.3. The molecule has 2 bridgehead atoms. The molecule has 1 heterocycles. The van der Waals surface area contributed by atoms with Crippen molar-refractivity contribution in [1.82, 2.24) is 21.0 Å². The van der Waals surface area contributed by atoms with Gasteiger partial charge in [0.1, 0.15) is 23.9 Å². The smallest absolute Gasteiger partial charge is 0.252 e. The molecule has 0 radical (unpaired) electrons. The Morgan fingerprint density at radius 3 is 2.27 bits per heavy atom. The number of amides is 3. The van der Waals surface area contributed by atoms with Gasteiger partial charge in [-0.15, -0.1) is 0 Å². The van der Waals surface area contributed by atoms with Gasteiger partial charge in [-0.3, -0.25) is 19.2 Å². The van der Waals surface area contributed by atoms with Crippen LogP contribution < -0.4 is 25.6 Å². The highest BCUT2D eigenvalue weighted by Crippen LogP contribution is 2.58. The quantitative estimate of drug-likeness (QED) is 0.0900. The van der Waals surface area contributed by atoms with Crippen molar-refractivity contribution in [3.05, 3.63) is 131 Å². The first kappa shape index (κ1) is 44.5. The zero-order chi connectivity index (χ0) is 44.3. The number of ether oxygens (including phenoxy) is 1. The molecule has 3 amide bonds. The number of anilines is 1. The third-order valence-electron chi connectivity index (χ3n) is 13.3. The van der Waals surface area contributed by atoms with Crippen LogP contribution in [0.3, 0.4) is 0 Å². The summed E-state index contributed by atoms with van der Waals surface area (Å²) in [7, 11) is 5.36. The van der Waals surface area contributed by atoms with Gasteiger partial charge in [-0.1, -0.05) is 111 Å². The fourth-order valence-electron chi connectivity index (χ4n) is 9.62. The normalized spacial score (nSPS) is 23.6. The first-order valence-electron chi connectivity index (χ1n) is 21.6. The van der Waals surface area contributed by atoms with Crippen molar-refractivity contribution in [3.63, 3.8) is 0 Å². The fraction of sp³-hybridized carbons (Fsp3) is 0.420. The molecule has 4 aromatic carbocycles. The summed E-state index contributed by atoms with van der Waals surface area (Å²) in [6.07, 6.45) is 1.78. The first-order chi connectivity index (χ1) is 29.7. The number of methoxy groups -OCH3 is 1. The van der Waals surface area contributed by atoms with Crippen LogP contribution in [0.2, 0.25) is 0 Å². The lowest BCUT2D eigenvalue weighted by molar-refractivity contribution is -0.182. The van der Waals surface area contributed by atoms with Gasteiger partial charge in [0, 0.05) is 55.4 Å². The van der Waals surface area contributed by atoms with E-state index in [1.54, 1.807) is 31.2 Å². The average molecular weight is 844 g/mol. The molecule has 62 heavy (non-hydrogen) atoms. The summed E-state index contributed by atoms with van der Waals surface area (Å²) in [6, 6.07) is 28.5. The van der Waals surface area contributed by atoms with Gasteiger partial charge in [0.05, 0.1) is 32.4 Å². The lowest BCUT2D eigenvalue weighted by atomic mass is 9.50. The molecular weight excluding hydrogens is 783 g/mol. The second-order valence-corrected chi connectivity index (χ2v) is 17.9. The lowest BCUT2D eigenvalue weighted by Crippen LogP contribution is -2.57. The predicted octanol–water partition coefficient (Wildman–Crippen LogP) is 5.67. The molecule has 1 saturated carbocycles. The Bertz CT molecular complexity index is 2260. The van der Waals surface area contributed by atoms with Crippen LogP contribution in [0, 0.1) is 23.2 Å². The number of carbonyl (C=O) groups excluding carboxylic acids is 3. The van der Waals surface area contributed by atoms with E-state index in [-0.39, 0.29) is 42.3 Å². The van der Waals surface area contributed by atoms with Crippen LogP contribution in [0.25, 0.3) is 11.1 Å². The van der Waals surface area contributed by atoms with E-state index in [2.05, 4.69) is 42.8 Å². The van der Waals surface area contributed by atoms with E-state index < -0.39 is 36.1 Å². The molecule has 328 valence electrons. The number of para-hydroxylation sites is 1. The van der Waals surface area contributed by atoms with Crippen LogP contribution in [-0.4, -0.2) is 91.1 Å². The van der Waals surface area contributed by atoms with E-state index in [1.165, 1.54) is 5.57 Å². The molecule has 4 aliphatic rings. The Morgan fingerprint density at radius 2 is 1.66 bits per heavy atom. The van der Waals surface area contributed by atoms with Gasteiger partial charge in [-0.25, -0.2) is 0 Å². The van der Waals surface area contributed by atoms with Crippen molar-refractivity contribution < 1.29 is 34.2 Å². The summed E-state index contributed by atoms with van der Waals surface area (Å²) >= 11 is 0. The van der Waals surface area contributed by atoms with Crippen LogP contribution in [0.1, 0.15) is 61.2 Å². The number of hydrogen-bond acceptors (Lipinski definition) is 9. The van der Waals surface area contributed by atoms with Gasteiger partial charge in [-0.2, -0.15) is 5.06 Å². The van der Waals surface area contributed by atoms with E-state index in [0.717, 1.165) is 23.2 Å². The highest BCUT2D eigenvalue weighted by Gasteiger charge is 2.53. The maximum absolute atomic E-state index is 14.3. The number of nitrogens with zero attached hydrogens (tertiary/aromatic N) is 2. The average Bonchev–Trinajstić information content (AvgIpc) is 3.64. The third kappa shape index (κ3) is 9.29. The van der Waals surface area contributed by atoms with Crippen molar-refractivity contribution in [3.8, 4) is 16.9 Å². The Kier molecular flexibility index (Phi) is 13.5. The summed E-state index contributed by atoms with van der Waals surface area (Å²) in [5, 5.41) is 32.3. The van der Waals surface area contributed by atoms with Crippen molar-refractivity contribution >= 4 is 23.4 Å². The molecule has 1 saturated heterocycles. The second kappa shape index (κ2) is 18.8. The van der Waals surface area contributed by atoms with Gasteiger partial charge in [0.2, 0.25) is 11.8 Å². The highest BCUT2D eigenvalue weighted by molar-refractivity contribution is 6.00. The van der Waals surface area contributed by atoms with E-state index in [9.17, 15) is 24.6 Å². The molecule has 12 nitrogen and oxygen atoms in total. The van der Waals surface area contributed by atoms with Gasteiger partial charge in [0.25, 0.3) is 5.91 Å². The number of carbonyl (C=O) groups is 3. The number of nitrogens with one attached hydrogen (secondary N) is 3. The Morgan fingerprint density at radius 1 is 0.968 bits per heavy atom. The standard InChI is InChI=1S/C50H61N5O7/c1-30-40-25-37(50(40,3)4)26-41(30)52-49(60)45-44(31(2)57)43(29-56)62-55(45)28-34-19-14-20-39(46(34)61-7)35-22-36(24-38(23-35)54(5)6)47(58)53-42(21-32-15-10-8-11-16-32)48(59)51-27-33-17-12-9-13-18-33/h8-20,22-24,26,30-31,40-45,56-57H,21,25,27-29H2,1-7H3,(H,51,59)(H,52,60)(H,53,58)/t30-,31-,40-,41-,42+,43-,44+,45-/m0/s1. The van der Waals surface area contributed by atoms with Crippen LogP contribution in [0.4, 0.5) is 5.69 Å². The van der Waals surface area contributed by atoms with E-state index in [0.29, 0.717) is 46.9 Å². The minimum atomic E-state index is -0.948. The topological polar surface area (TPSA) is 153 Å². The largest absolute Gasteiger partial charge is 0.496 e. The van der Waals surface area contributed by atoms with Crippen molar-refractivity contribution in [1.29, 1.82) is 0 Å². The highest BCUT2D eigenvalue weighted by atomic mass is 16.7. The number of benzene rings is 4. The molecule has 3 aliphatic carbocycles. The predicted molar refractivity (Wildman–Crippen MR) is 240 cm³/mol. The molecule has 8 atom stereocenters. The lowest BCUT2D eigenvalue weighted by Gasteiger charge is -2.56. The minimum absolute atomic E-state index is 0.103. The van der Waals surface area contributed by atoms with Crippen LogP contribution in [0.15, 0.2) is 109 Å². The number of fused-ring (bicyclic) bond motifs is 2. The van der Waals surface area contributed by atoms with Gasteiger partial charge < -0.3 is 35.8 Å². The van der Waals surface area contributed by atoms with Gasteiger partial charge in [0.15, 0.2) is 0 Å². The molecule has 12 heteroatoms. The van der Waals surface area contributed by atoms with Gasteiger partial charge >= 0.3 is 0 Å². The van der Waals surface area contributed by atoms with Crippen LogP contribution in [0.5, 0.6) is 5.75 Å².